The monoisotopic (exact) mass is 701 g/mol. The molecule has 0 fully saturated rings. The summed E-state index contributed by atoms with van der Waals surface area (Å²) in [4.78, 5) is 30.8. The molecule has 0 aromatic heterocycles. The molecule has 0 aliphatic carbocycles. The van der Waals surface area contributed by atoms with Crippen LogP contribution in [0.1, 0.15) is 63.1 Å². The Morgan fingerprint density at radius 3 is 2.22 bits per heavy atom. The summed E-state index contributed by atoms with van der Waals surface area (Å²) < 4.78 is 45.7. The van der Waals surface area contributed by atoms with Crippen LogP contribution in [0, 0.1) is 19.8 Å². The predicted molar refractivity (Wildman–Crippen MR) is 193 cm³/mol. The van der Waals surface area contributed by atoms with E-state index in [9.17, 15) is 27.9 Å². The molecule has 7 nitrogen and oxygen atoms in total. The van der Waals surface area contributed by atoms with Gasteiger partial charge in [-0.3, -0.25) is 14.5 Å². The third-order valence-corrected chi connectivity index (χ3v) is 9.27. The Bertz CT molecular complexity index is 1810. The van der Waals surface area contributed by atoms with Crippen molar-refractivity contribution < 1.29 is 32.6 Å². The van der Waals surface area contributed by atoms with Crippen LogP contribution in [0.2, 0.25) is 0 Å². The standard InChI is InChI=1S/C41H46F3N3O4/c1-26-17-27(2)19-33(18-26)20-30-9-11-32(12-10-30)23-46(5)24-37-28(3)22-47(29(4)25-48)40(50)35-7-6-8-36(39(35)51-37)45-38(49)21-31-13-15-34(16-14-31)41(42,43)44/h6-19,28-29,37,48H,20-25H2,1-5H3,(H,45,49)/t28-,29+,37-/m1/s1. The SMILES string of the molecule is Cc1cc(C)cc(Cc2ccc(CN(C)C[C@H]3Oc4c(NC(=O)Cc5ccc(C(F)(F)F)cc5)cccc4C(=O)N([C@@H](C)CO)C[C@H]3C)cc2)c1. The maximum absolute atomic E-state index is 13.8. The van der Waals surface area contributed by atoms with Gasteiger partial charge in [0.05, 0.1) is 35.9 Å². The van der Waals surface area contributed by atoms with Crippen LogP contribution in [0.5, 0.6) is 5.75 Å². The van der Waals surface area contributed by atoms with Crippen molar-refractivity contribution in [1.29, 1.82) is 0 Å². The fraction of sp³-hybridized carbons (Fsp3) is 0.366. The highest BCUT2D eigenvalue weighted by molar-refractivity contribution is 6.02. The molecule has 0 saturated heterocycles. The number of aliphatic hydroxyl groups is 1. The summed E-state index contributed by atoms with van der Waals surface area (Å²) in [5.41, 5.74) is 6.32. The molecular formula is C41H46F3N3O4. The van der Waals surface area contributed by atoms with Gasteiger partial charge in [-0.25, -0.2) is 0 Å². The van der Waals surface area contributed by atoms with Gasteiger partial charge in [-0.2, -0.15) is 13.2 Å². The molecule has 1 aliphatic heterocycles. The molecule has 0 bridgehead atoms. The highest BCUT2D eigenvalue weighted by Crippen LogP contribution is 2.35. The third kappa shape index (κ3) is 9.77. The molecular weight excluding hydrogens is 655 g/mol. The summed E-state index contributed by atoms with van der Waals surface area (Å²) in [7, 11) is 2.01. The number of aliphatic hydroxyl groups excluding tert-OH is 1. The lowest BCUT2D eigenvalue weighted by Crippen LogP contribution is -2.49. The van der Waals surface area contributed by atoms with Crippen LogP contribution >= 0.6 is 0 Å². The van der Waals surface area contributed by atoms with Crippen LogP contribution in [0.25, 0.3) is 0 Å². The molecule has 2 N–H and O–H groups in total. The molecule has 1 heterocycles. The molecule has 0 spiro atoms. The van der Waals surface area contributed by atoms with Gasteiger partial charge in [0.1, 0.15) is 6.10 Å². The Labute approximate surface area is 298 Å². The lowest BCUT2D eigenvalue weighted by atomic mass is 9.98. The number of para-hydroxylation sites is 1. The predicted octanol–water partition coefficient (Wildman–Crippen LogP) is 7.45. The number of carbonyl (C=O) groups excluding carboxylic acids is 2. The maximum Gasteiger partial charge on any atom is 0.416 e. The molecule has 1 aliphatic rings. The topological polar surface area (TPSA) is 82.1 Å². The number of likely N-dealkylation sites (N-methyl/N-ethyl adjacent to an activating group) is 1. The van der Waals surface area contributed by atoms with Gasteiger partial charge in [-0.15, -0.1) is 0 Å². The second-order valence-electron chi connectivity index (χ2n) is 13.9. The quantitative estimate of drug-likeness (QED) is 0.170. The fourth-order valence-electron chi connectivity index (χ4n) is 6.60. The molecule has 4 aromatic carbocycles. The van der Waals surface area contributed by atoms with Gasteiger partial charge in [-0.05, 0) is 80.8 Å². The van der Waals surface area contributed by atoms with Crippen molar-refractivity contribution in [3.8, 4) is 5.75 Å². The number of rotatable bonds is 11. The second kappa shape index (κ2) is 16.1. The number of fused-ring (bicyclic) bond motifs is 1. The van der Waals surface area contributed by atoms with E-state index in [1.165, 1.54) is 34.4 Å². The van der Waals surface area contributed by atoms with Crippen molar-refractivity contribution >= 4 is 17.5 Å². The molecule has 10 heteroatoms. The number of ether oxygens (including phenoxy) is 1. The molecule has 3 atom stereocenters. The molecule has 4 aromatic rings. The Morgan fingerprint density at radius 1 is 0.961 bits per heavy atom. The van der Waals surface area contributed by atoms with E-state index >= 15 is 0 Å². The maximum atomic E-state index is 13.8. The van der Waals surface area contributed by atoms with Crippen LogP contribution in [-0.2, 0) is 30.4 Å². The normalized spacial score (nSPS) is 17.0. The summed E-state index contributed by atoms with van der Waals surface area (Å²) in [5, 5.41) is 12.9. The number of nitrogens with one attached hydrogen (secondary N) is 1. The molecule has 2 amide bonds. The lowest BCUT2D eigenvalue weighted by Gasteiger charge is -2.38. The van der Waals surface area contributed by atoms with E-state index in [4.69, 9.17) is 4.74 Å². The summed E-state index contributed by atoms with van der Waals surface area (Å²) in [5.74, 6) is -0.719. The van der Waals surface area contributed by atoms with Crippen molar-refractivity contribution in [3.05, 3.63) is 129 Å². The van der Waals surface area contributed by atoms with Crippen LogP contribution < -0.4 is 10.1 Å². The Hall–Kier alpha value is -4.67. The van der Waals surface area contributed by atoms with Crippen LogP contribution in [0.4, 0.5) is 18.9 Å². The molecule has 0 radical (unpaired) electrons. The molecule has 0 unspecified atom stereocenters. The van der Waals surface area contributed by atoms with Gasteiger partial charge in [-0.1, -0.05) is 78.7 Å². The first-order chi connectivity index (χ1) is 24.2. The average Bonchev–Trinajstić information content (AvgIpc) is 3.06. The van der Waals surface area contributed by atoms with Crippen molar-refractivity contribution in [3.63, 3.8) is 0 Å². The zero-order valence-corrected chi connectivity index (χ0v) is 29.8. The van der Waals surface area contributed by atoms with Crippen LogP contribution in [0.3, 0.4) is 0 Å². The van der Waals surface area contributed by atoms with E-state index < -0.39 is 29.8 Å². The van der Waals surface area contributed by atoms with Crippen LogP contribution in [0.15, 0.2) is 84.9 Å². The van der Waals surface area contributed by atoms with E-state index in [-0.39, 0.29) is 41.9 Å². The minimum Gasteiger partial charge on any atom is -0.486 e. The molecule has 270 valence electrons. The number of anilines is 1. The Kier molecular flexibility index (Phi) is 11.9. The smallest absolute Gasteiger partial charge is 0.416 e. The lowest BCUT2D eigenvalue weighted by molar-refractivity contribution is -0.137. The van der Waals surface area contributed by atoms with Crippen LogP contribution in [-0.4, -0.2) is 65.6 Å². The van der Waals surface area contributed by atoms with Crippen molar-refractivity contribution in [2.45, 2.75) is 65.4 Å². The fourth-order valence-corrected chi connectivity index (χ4v) is 6.60. The average molecular weight is 702 g/mol. The van der Waals surface area contributed by atoms with Gasteiger partial charge in [0, 0.05) is 25.6 Å². The zero-order chi connectivity index (χ0) is 36.9. The highest BCUT2D eigenvalue weighted by Gasteiger charge is 2.35. The summed E-state index contributed by atoms with van der Waals surface area (Å²) >= 11 is 0. The summed E-state index contributed by atoms with van der Waals surface area (Å²) in [6.45, 7) is 9.31. The second-order valence-corrected chi connectivity index (χ2v) is 13.9. The van der Waals surface area contributed by atoms with Gasteiger partial charge in [0.25, 0.3) is 5.91 Å². The highest BCUT2D eigenvalue weighted by atomic mass is 19.4. The largest absolute Gasteiger partial charge is 0.486 e. The third-order valence-electron chi connectivity index (χ3n) is 9.27. The van der Waals surface area contributed by atoms with Crippen molar-refractivity contribution in [2.24, 2.45) is 5.92 Å². The molecule has 5 rings (SSSR count). The van der Waals surface area contributed by atoms with E-state index in [1.54, 1.807) is 30.0 Å². The number of hydrogen-bond donors (Lipinski definition) is 2. The Balaban J connectivity index is 1.33. The molecule has 0 saturated carbocycles. The first-order valence-corrected chi connectivity index (χ1v) is 17.2. The number of carbonyl (C=O) groups is 2. The zero-order valence-electron chi connectivity index (χ0n) is 29.8. The van der Waals surface area contributed by atoms with Crippen molar-refractivity contribution in [2.75, 3.05) is 32.1 Å². The summed E-state index contributed by atoms with van der Waals surface area (Å²) in [6, 6.07) is 24.1. The van der Waals surface area contributed by atoms with E-state index in [0.717, 1.165) is 24.1 Å². The number of amides is 2. The van der Waals surface area contributed by atoms with Gasteiger partial charge in [0.15, 0.2) is 5.75 Å². The Morgan fingerprint density at radius 2 is 1.59 bits per heavy atom. The van der Waals surface area contributed by atoms with Gasteiger partial charge in [0.2, 0.25) is 5.91 Å². The number of hydrogen-bond acceptors (Lipinski definition) is 5. The van der Waals surface area contributed by atoms with Gasteiger partial charge < -0.3 is 20.1 Å². The minimum absolute atomic E-state index is 0.144. The summed E-state index contributed by atoms with van der Waals surface area (Å²) in [6.07, 6.45) is -4.18. The van der Waals surface area contributed by atoms with E-state index in [1.807, 2.05) is 14.0 Å². The van der Waals surface area contributed by atoms with Crippen molar-refractivity contribution in [1.82, 2.24) is 9.80 Å². The number of nitrogens with zero attached hydrogens (tertiary/aromatic N) is 2. The first kappa shape index (κ1) is 37.6. The number of aryl methyl sites for hydroxylation is 2. The number of halogens is 3. The molecule has 51 heavy (non-hydrogen) atoms. The van der Waals surface area contributed by atoms with Gasteiger partial charge >= 0.3 is 6.18 Å². The van der Waals surface area contributed by atoms with E-state index in [2.05, 4.69) is 66.5 Å². The first-order valence-electron chi connectivity index (χ1n) is 17.2. The number of benzene rings is 4. The minimum atomic E-state index is -4.47. The van der Waals surface area contributed by atoms with E-state index in [0.29, 0.717) is 25.2 Å². The number of alkyl halides is 3.